The van der Waals surface area contributed by atoms with Crippen molar-refractivity contribution in [3.05, 3.63) is 42.1 Å². The highest BCUT2D eigenvalue weighted by atomic mass is 15.1. The van der Waals surface area contributed by atoms with Crippen LogP contribution in [0.5, 0.6) is 0 Å². The van der Waals surface area contributed by atoms with Gasteiger partial charge in [-0.15, -0.1) is 0 Å². The Balaban J connectivity index is 2.12. The molecule has 0 aliphatic heterocycles. The number of anilines is 4. The maximum atomic E-state index is 5.89. The van der Waals surface area contributed by atoms with E-state index in [4.69, 9.17) is 5.73 Å². The number of rotatable bonds is 5. The van der Waals surface area contributed by atoms with Crippen molar-refractivity contribution < 1.29 is 0 Å². The van der Waals surface area contributed by atoms with Gasteiger partial charge in [0.15, 0.2) is 0 Å². The maximum absolute atomic E-state index is 5.89. The molecule has 0 unspecified atom stereocenters. The Hall–Kier alpha value is -2.23. The van der Waals surface area contributed by atoms with E-state index >= 15 is 0 Å². The fraction of sp³-hybridized carbons (Fsp3) is 0.312. The van der Waals surface area contributed by atoms with Gasteiger partial charge in [-0.25, -0.2) is 4.98 Å². The van der Waals surface area contributed by atoms with Gasteiger partial charge in [-0.05, 0) is 50.6 Å². The van der Waals surface area contributed by atoms with E-state index in [1.54, 1.807) is 6.20 Å². The summed E-state index contributed by atoms with van der Waals surface area (Å²) < 4.78 is 0. The van der Waals surface area contributed by atoms with Crippen LogP contribution >= 0.6 is 0 Å². The third-order valence-corrected chi connectivity index (χ3v) is 3.41. The Morgan fingerprint density at radius 3 is 2.35 bits per heavy atom. The molecule has 4 heteroatoms. The van der Waals surface area contributed by atoms with Crippen molar-refractivity contribution in [2.75, 3.05) is 29.0 Å². The molecule has 0 spiro atoms. The van der Waals surface area contributed by atoms with Crippen LogP contribution in [-0.4, -0.2) is 18.1 Å². The van der Waals surface area contributed by atoms with Crippen molar-refractivity contribution in [1.29, 1.82) is 0 Å². The summed E-state index contributed by atoms with van der Waals surface area (Å²) in [5.74, 6) is 0.767. The van der Waals surface area contributed by atoms with Crippen molar-refractivity contribution >= 4 is 22.9 Å². The van der Waals surface area contributed by atoms with Crippen LogP contribution < -0.4 is 16.0 Å². The molecule has 0 saturated heterocycles. The SMILES string of the molecule is CCN(CC)c1ccc(Nc2cc(N)c(C)cn2)cc1. The van der Waals surface area contributed by atoms with Crippen molar-refractivity contribution in [2.45, 2.75) is 20.8 Å². The monoisotopic (exact) mass is 270 g/mol. The van der Waals surface area contributed by atoms with Gasteiger partial charge in [0.25, 0.3) is 0 Å². The number of pyridine rings is 1. The topological polar surface area (TPSA) is 54.2 Å². The van der Waals surface area contributed by atoms with Crippen LogP contribution in [0.3, 0.4) is 0 Å². The number of hydrogen-bond donors (Lipinski definition) is 2. The van der Waals surface area contributed by atoms with E-state index in [9.17, 15) is 0 Å². The number of nitrogens with two attached hydrogens (primary N) is 1. The van der Waals surface area contributed by atoms with Gasteiger partial charge in [0.2, 0.25) is 0 Å². The highest BCUT2D eigenvalue weighted by Gasteiger charge is 2.03. The van der Waals surface area contributed by atoms with Crippen LogP contribution in [-0.2, 0) is 0 Å². The lowest BCUT2D eigenvalue weighted by Gasteiger charge is -2.21. The Morgan fingerprint density at radius 2 is 1.80 bits per heavy atom. The second kappa shape index (κ2) is 6.28. The molecule has 0 fully saturated rings. The van der Waals surface area contributed by atoms with Crippen LogP contribution in [0.1, 0.15) is 19.4 Å². The van der Waals surface area contributed by atoms with Gasteiger partial charge in [0.05, 0.1) is 0 Å². The normalized spacial score (nSPS) is 10.3. The van der Waals surface area contributed by atoms with E-state index in [1.165, 1.54) is 5.69 Å². The molecule has 106 valence electrons. The lowest BCUT2D eigenvalue weighted by atomic mass is 10.2. The van der Waals surface area contributed by atoms with Crippen molar-refractivity contribution in [2.24, 2.45) is 0 Å². The van der Waals surface area contributed by atoms with Crippen molar-refractivity contribution in [3.8, 4) is 0 Å². The van der Waals surface area contributed by atoms with Crippen LogP contribution in [0.15, 0.2) is 36.5 Å². The van der Waals surface area contributed by atoms with Crippen LogP contribution in [0, 0.1) is 6.92 Å². The summed E-state index contributed by atoms with van der Waals surface area (Å²) >= 11 is 0. The maximum Gasteiger partial charge on any atom is 0.132 e. The van der Waals surface area contributed by atoms with E-state index in [-0.39, 0.29) is 0 Å². The Morgan fingerprint density at radius 1 is 1.15 bits per heavy atom. The van der Waals surface area contributed by atoms with Gasteiger partial charge in [-0.3, -0.25) is 0 Å². The molecule has 0 saturated carbocycles. The fourth-order valence-electron chi connectivity index (χ4n) is 2.10. The standard InChI is InChI=1S/C16H22N4/c1-4-20(5-2)14-8-6-13(7-9-14)19-16-10-15(17)12(3)11-18-16/h6-11H,4-5H2,1-3H3,(H3,17,18,19). The molecule has 4 nitrogen and oxygen atoms in total. The summed E-state index contributed by atoms with van der Waals surface area (Å²) in [4.78, 5) is 6.63. The first-order valence-corrected chi connectivity index (χ1v) is 6.98. The molecule has 0 aliphatic carbocycles. The quantitative estimate of drug-likeness (QED) is 0.872. The predicted octanol–water partition coefficient (Wildman–Crippen LogP) is 3.56. The van der Waals surface area contributed by atoms with Gasteiger partial charge in [0.1, 0.15) is 5.82 Å². The van der Waals surface area contributed by atoms with Gasteiger partial charge in [-0.1, -0.05) is 0 Å². The van der Waals surface area contributed by atoms with E-state index in [1.807, 2.05) is 13.0 Å². The second-order valence-corrected chi connectivity index (χ2v) is 4.77. The van der Waals surface area contributed by atoms with Crippen LogP contribution in [0.4, 0.5) is 22.9 Å². The average molecular weight is 270 g/mol. The molecule has 2 rings (SSSR count). The largest absolute Gasteiger partial charge is 0.398 e. The molecule has 0 bridgehead atoms. The fourth-order valence-corrected chi connectivity index (χ4v) is 2.10. The number of hydrogen-bond acceptors (Lipinski definition) is 4. The summed E-state index contributed by atoms with van der Waals surface area (Å²) in [6, 6.07) is 10.2. The van der Waals surface area contributed by atoms with Crippen molar-refractivity contribution in [3.63, 3.8) is 0 Å². The van der Waals surface area contributed by atoms with E-state index in [0.29, 0.717) is 0 Å². The molecule has 0 radical (unpaired) electrons. The summed E-state index contributed by atoms with van der Waals surface area (Å²) in [5.41, 5.74) is 9.88. The minimum atomic E-state index is 0.752. The number of benzene rings is 1. The third kappa shape index (κ3) is 3.20. The smallest absolute Gasteiger partial charge is 0.132 e. The zero-order valence-corrected chi connectivity index (χ0v) is 12.4. The van der Waals surface area contributed by atoms with Crippen LogP contribution in [0.2, 0.25) is 0 Å². The second-order valence-electron chi connectivity index (χ2n) is 4.77. The van der Waals surface area contributed by atoms with E-state index in [0.717, 1.165) is 35.8 Å². The highest BCUT2D eigenvalue weighted by Crippen LogP contribution is 2.21. The molecule has 3 N–H and O–H groups in total. The summed E-state index contributed by atoms with van der Waals surface area (Å²) in [7, 11) is 0. The van der Waals surface area contributed by atoms with Crippen LogP contribution in [0.25, 0.3) is 0 Å². The lowest BCUT2D eigenvalue weighted by molar-refractivity contribution is 0.866. The zero-order chi connectivity index (χ0) is 14.5. The molecule has 1 aromatic heterocycles. The van der Waals surface area contributed by atoms with Gasteiger partial charge < -0.3 is 16.0 Å². The first-order chi connectivity index (χ1) is 9.63. The first kappa shape index (κ1) is 14.2. The number of nitrogens with one attached hydrogen (secondary N) is 1. The number of aromatic nitrogens is 1. The molecule has 0 aliphatic rings. The molecular formula is C16H22N4. The zero-order valence-electron chi connectivity index (χ0n) is 12.4. The summed E-state index contributed by atoms with van der Waals surface area (Å²) in [6.07, 6.45) is 1.78. The molecule has 2 aromatic rings. The molecular weight excluding hydrogens is 248 g/mol. The average Bonchev–Trinajstić information content (AvgIpc) is 2.46. The molecule has 20 heavy (non-hydrogen) atoms. The summed E-state index contributed by atoms with van der Waals surface area (Å²) in [5, 5.41) is 3.26. The van der Waals surface area contributed by atoms with Gasteiger partial charge in [0, 0.05) is 42.4 Å². The minimum Gasteiger partial charge on any atom is -0.398 e. The predicted molar refractivity (Wildman–Crippen MR) is 86.7 cm³/mol. The highest BCUT2D eigenvalue weighted by molar-refractivity contribution is 5.63. The Kier molecular flexibility index (Phi) is 4.45. The molecule has 0 amide bonds. The molecule has 1 aromatic carbocycles. The number of aryl methyl sites for hydroxylation is 1. The third-order valence-electron chi connectivity index (χ3n) is 3.41. The van der Waals surface area contributed by atoms with Crippen molar-refractivity contribution in [1.82, 2.24) is 4.98 Å². The Bertz CT molecular complexity index is 559. The van der Waals surface area contributed by atoms with E-state index < -0.39 is 0 Å². The first-order valence-electron chi connectivity index (χ1n) is 6.98. The van der Waals surface area contributed by atoms with E-state index in [2.05, 4.69) is 53.3 Å². The number of nitrogens with zero attached hydrogens (tertiary/aromatic N) is 2. The minimum absolute atomic E-state index is 0.752. The van der Waals surface area contributed by atoms with Gasteiger partial charge >= 0.3 is 0 Å². The Labute approximate surface area is 120 Å². The molecule has 0 atom stereocenters. The summed E-state index contributed by atoms with van der Waals surface area (Å²) in [6.45, 7) is 8.30. The number of nitrogen functional groups attached to an aromatic ring is 1. The molecule has 1 heterocycles. The lowest BCUT2D eigenvalue weighted by Crippen LogP contribution is -2.21. The van der Waals surface area contributed by atoms with Gasteiger partial charge in [-0.2, -0.15) is 0 Å².